The number of aromatic hydroxyl groups is 1. The lowest BCUT2D eigenvalue weighted by molar-refractivity contribution is -0.114. The molecule has 3 N–H and O–H groups in total. The zero-order valence-corrected chi connectivity index (χ0v) is 16.6. The van der Waals surface area contributed by atoms with Crippen molar-refractivity contribution in [1.29, 1.82) is 0 Å². The lowest BCUT2D eigenvalue weighted by Crippen LogP contribution is -2.30. The van der Waals surface area contributed by atoms with Gasteiger partial charge >= 0.3 is 5.97 Å². The van der Waals surface area contributed by atoms with E-state index >= 15 is 0 Å². The SMILES string of the molecule is COc1ccc([C@@H]2C=C(Nc3ccc(C(=O)O)c(O)c3)C(=O)N2c2ccccc2)cc1. The number of nitrogens with one attached hydrogen (secondary N) is 1. The number of carbonyl (C=O) groups excluding carboxylic acids is 1. The number of carboxylic acid groups (broad SMARTS) is 1. The van der Waals surface area contributed by atoms with E-state index in [2.05, 4.69) is 5.32 Å². The Morgan fingerprint density at radius 2 is 1.74 bits per heavy atom. The van der Waals surface area contributed by atoms with E-state index < -0.39 is 5.97 Å². The second-order valence-electron chi connectivity index (χ2n) is 6.97. The Labute approximate surface area is 178 Å². The number of anilines is 2. The van der Waals surface area contributed by atoms with Gasteiger partial charge in [0.05, 0.1) is 13.2 Å². The van der Waals surface area contributed by atoms with Crippen LogP contribution in [0.15, 0.2) is 84.6 Å². The van der Waals surface area contributed by atoms with E-state index in [0.29, 0.717) is 11.4 Å². The van der Waals surface area contributed by atoms with Crippen molar-refractivity contribution in [3.05, 3.63) is 95.7 Å². The summed E-state index contributed by atoms with van der Waals surface area (Å²) in [6, 6.07) is 20.5. The van der Waals surface area contributed by atoms with Gasteiger partial charge in [-0.15, -0.1) is 0 Å². The topological polar surface area (TPSA) is 99.1 Å². The maximum atomic E-state index is 13.3. The summed E-state index contributed by atoms with van der Waals surface area (Å²) in [5.41, 5.74) is 2.17. The van der Waals surface area contributed by atoms with Crippen LogP contribution in [-0.2, 0) is 4.79 Å². The molecule has 7 nitrogen and oxygen atoms in total. The highest BCUT2D eigenvalue weighted by atomic mass is 16.5. The molecular formula is C24H20N2O5. The number of benzene rings is 3. The van der Waals surface area contributed by atoms with Crippen LogP contribution in [-0.4, -0.2) is 29.2 Å². The van der Waals surface area contributed by atoms with Gasteiger partial charge in [0.2, 0.25) is 0 Å². The standard InChI is InChI=1S/C24H20N2O5/c1-31-18-10-7-15(8-11-18)21-14-20(23(28)26(21)17-5-3-2-4-6-17)25-16-9-12-19(24(29)30)22(27)13-16/h2-14,21,25,27H,1H3,(H,29,30)/t21-/m0/s1. The highest BCUT2D eigenvalue weighted by molar-refractivity contribution is 6.11. The first kappa shape index (κ1) is 20.0. The summed E-state index contributed by atoms with van der Waals surface area (Å²) in [6.45, 7) is 0. The summed E-state index contributed by atoms with van der Waals surface area (Å²) < 4.78 is 5.23. The highest BCUT2D eigenvalue weighted by Crippen LogP contribution is 2.37. The molecule has 1 aliphatic heterocycles. The second-order valence-corrected chi connectivity index (χ2v) is 6.97. The predicted molar refractivity (Wildman–Crippen MR) is 116 cm³/mol. The number of carbonyl (C=O) groups is 2. The lowest BCUT2D eigenvalue weighted by atomic mass is 10.1. The van der Waals surface area contributed by atoms with Crippen molar-refractivity contribution in [2.24, 2.45) is 0 Å². The van der Waals surface area contributed by atoms with Gasteiger partial charge in [0, 0.05) is 17.4 Å². The normalized spacial score (nSPS) is 15.5. The van der Waals surface area contributed by atoms with Gasteiger partial charge in [-0.3, -0.25) is 9.69 Å². The first-order valence-electron chi connectivity index (χ1n) is 9.55. The van der Waals surface area contributed by atoms with Crippen LogP contribution in [0.1, 0.15) is 22.0 Å². The maximum Gasteiger partial charge on any atom is 0.339 e. The van der Waals surface area contributed by atoms with E-state index in [1.807, 2.05) is 54.6 Å². The zero-order valence-electron chi connectivity index (χ0n) is 16.6. The molecule has 0 saturated heterocycles. The van der Waals surface area contributed by atoms with Gasteiger partial charge in [-0.05, 0) is 48.0 Å². The van der Waals surface area contributed by atoms with Crippen LogP contribution in [0.3, 0.4) is 0 Å². The van der Waals surface area contributed by atoms with Crippen LogP contribution in [0.4, 0.5) is 11.4 Å². The van der Waals surface area contributed by atoms with Gasteiger partial charge in [-0.2, -0.15) is 0 Å². The van der Waals surface area contributed by atoms with E-state index in [1.165, 1.54) is 18.2 Å². The first-order chi connectivity index (χ1) is 15.0. The van der Waals surface area contributed by atoms with Crippen LogP contribution in [0, 0.1) is 0 Å². The van der Waals surface area contributed by atoms with E-state index in [9.17, 15) is 14.7 Å². The number of hydrogen-bond donors (Lipinski definition) is 3. The molecule has 1 atom stereocenters. The maximum absolute atomic E-state index is 13.3. The van der Waals surface area contributed by atoms with Gasteiger partial charge < -0.3 is 20.3 Å². The van der Waals surface area contributed by atoms with E-state index in [0.717, 1.165) is 17.0 Å². The molecule has 4 rings (SSSR count). The summed E-state index contributed by atoms with van der Waals surface area (Å²) in [5.74, 6) is -1.13. The Hall–Kier alpha value is -4.26. The third-order valence-electron chi connectivity index (χ3n) is 5.05. The number of phenols is 1. The number of methoxy groups -OCH3 is 1. The van der Waals surface area contributed by atoms with Gasteiger partial charge in [0.1, 0.15) is 22.8 Å². The summed E-state index contributed by atoms with van der Waals surface area (Å²) in [4.78, 5) is 26.1. The van der Waals surface area contributed by atoms with Gasteiger partial charge in [0.15, 0.2) is 0 Å². The monoisotopic (exact) mass is 416 g/mol. The Morgan fingerprint density at radius 3 is 2.35 bits per heavy atom. The Balaban J connectivity index is 1.69. The Bertz CT molecular complexity index is 1160. The number of aromatic carboxylic acids is 1. The van der Waals surface area contributed by atoms with Crippen LogP contribution in [0.5, 0.6) is 11.5 Å². The molecule has 3 aromatic rings. The molecule has 156 valence electrons. The number of hydrogen-bond acceptors (Lipinski definition) is 5. The molecule has 0 saturated carbocycles. The van der Waals surface area contributed by atoms with Crippen LogP contribution in [0.25, 0.3) is 0 Å². The van der Waals surface area contributed by atoms with E-state index in [1.54, 1.807) is 18.1 Å². The van der Waals surface area contributed by atoms with E-state index in [-0.39, 0.29) is 23.3 Å². The van der Waals surface area contributed by atoms with Crippen LogP contribution in [0.2, 0.25) is 0 Å². The van der Waals surface area contributed by atoms with E-state index in [4.69, 9.17) is 9.84 Å². The fourth-order valence-electron chi connectivity index (χ4n) is 3.51. The molecule has 1 aliphatic rings. The predicted octanol–water partition coefficient (Wildman–Crippen LogP) is 4.18. The number of carboxylic acids is 1. The van der Waals surface area contributed by atoms with Crippen molar-refractivity contribution in [2.45, 2.75) is 6.04 Å². The largest absolute Gasteiger partial charge is 0.507 e. The number of nitrogens with zero attached hydrogens (tertiary/aromatic N) is 1. The fourth-order valence-corrected chi connectivity index (χ4v) is 3.51. The Morgan fingerprint density at radius 1 is 1.03 bits per heavy atom. The number of rotatable bonds is 6. The summed E-state index contributed by atoms with van der Waals surface area (Å²) >= 11 is 0. The molecule has 3 aromatic carbocycles. The third kappa shape index (κ3) is 3.93. The fraction of sp³-hybridized carbons (Fsp3) is 0.0833. The molecule has 1 amide bonds. The van der Waals surface area contributed by atoms with Crippen molar-refractivity contribution >= 4 is 23.3 Å². The van der Waals surface area contributed by atoms with Gasteiger partial charge in [0.25, 0.3) is 5.91 Å². The molecule has 1 heterocycles. The smallest absolute Gasteiger partial charge is 0.339 e. The van der Waals surface area contributed by atoms with Crippen LogP contribution >= 0.6 is 0 Å². The minimum Gasteiger partial charge on any atom is -0.507 e. The number of para-hydroxylation sites is 1. The minimum absolute atomic E-state index is 0.209. The average Bonchev–Trinajstić information content (AvgIpc) is 3.10. The molecule has 0 radical (unpaired) electrons. The highest BCUT2D eigenvalue weighted by Gasteiger charge is 2.34. The zero-order chi connectivity index (χ0) is 22.0. The summed E-state index contributed by atoms with van der Waals surface area (Å²) in [6.07, 6.45) is 1.80. The van der Waals surface area contributed by atoms with Crippen molar-refractivity contribution in [2.75, 3.05) is 17.3 Å². The van der Waals surface area contributed by atoms with Crippen molar-refractivity contribution in [1.82, 2.24) is 0 Å². The summed E-state index contributed by atoms with van der Waals surface area (Å²) in [5, 5.41) is 22.1. The van der Waals surface area contributed by atoms with Gasteiger partial charge in [-0.25, -0.2) is 4.79 Å². The molecule has 7 heteroatoms. The molecular weight excluding hydrogens is 396 g/mol. The van der Waals surface area contributed by atoms with Crippen molar-refractivity contribution in [3.8, 4) is 11.5 Å². The lowest BCUT2D eigenvalue weighted by Gasteiger charge is -2.25. The molecule has 0 fully saturated rings. The van der Waals surface area contributed by atoms with Crippen LogP contribution < -0.4 is 15.0 Å². The molecule has 0 spiro atoms. The average molecular weight is 416 g/mol. The van der Waals surface area contributed by atoms with Crippen molar-refractivity contribution in [3.63, 3.8) is 0 Å². The molecule has 0 aliphatic carbocycles. The molecule has 31 heavy (non-hydrogen) atoms. The minimum atomic E-state index is -1.23. The number of ether oxygens (including phenoxy) is 1. The second kappa shape index (κ2) is 8.23. The summed E-state index contributed by atoms with van der Waals surface area (Å²) in [7, 11) is 1.59. The quantitative estimate of drug-likeness (QED) is 0.558. The molecule has 0 aromatic heterocycles. The van der Waals surface area contributed by atoms with Crippen molar-refractivity contribution < 1.29 is 24.5 Å². The van der Waals surface area contributed by atoms with Gasteiger partial charge in [-0.1, -0.05) is 30.3 Å². The molecule has 0 bridgehead atoms. The Kier molecular flexibility index (Phi) is 5.32. The first-order valence-corrected chi connectivity index (χ1v) is 9.55. The number of amides is 1. The third-order valence-corrected chi connectivity index (χ3v) is 5.05. The molecule has 0 unspecified atom stereocenters.